The summed E-state index contributed by atoms with van der Waals surface area (Å²) in [4.78, 5) is 29.0. The second kappa shape index (κ2) is 9.83. The van der Waals surface area contributed by atoms with Crippen molar-refractivity contribution in [2.45, 2.75) is 45.4 Å². The lowest BCUT2D eigenvalue weighted by Gasteiger charge is -2.13. The zero-order chi connectivity index (χ0) is 19.8. The third-order valence-electron chi connectivity index (χ3n) is 4.99. The fraction of sp³-hybridized carbons (Fsp3) is 0.348. The van der Waals surface area contributed by atoms with Gasteiger partial charge in [-0.1, -0.05) is 30.7 Å². The molecule has 28 heavy (non-hydrogen) atoms. The summed E-state index contributed by atoms with van der Waals surface area (Å²) in [5.41, 5.74) is 4.03. The molecule has 0 radical (unpaired) electrons. The Morgan fingerprint density at radius 3 is 2.61 bits per heavy atom. The number of anilines is 1. The quantitative estimate of drug-likeness (QED) is 0.697. The van der Waals surface area contributed by atoms with Crippen molar-refractivity contribution in [3.8, 4) is 0 Å². The lowest BCUT2D eigenvalue weighted by Crippen LogP contribution is -2.26. The lowest BCUT2D eigenvalue weighted by atomic mass is 9.97. The molecule has 0 fully saturated rings. The molecular formula is C23H27N3O2. The maximum atomic E-state index is 12.5. The fourth-order valence-electron chi connectivity index (χ4n) is 3.28. The van der Waals surface area contributed by atoms with Gasteiger partial charge in [0.15, 0.2) is 0 Å². The average Bonchev–Trinajstić information content (AvgIpc) is 2.75. The van der Waals surface area contributed by atoms with Crippen LogP contribution in [0.15, 0.2) is 54.2 Å². The van der Waals surface area contributed by atoms with Gasteiger partial charge in [-0.05, 0) is 68.4 Å². The zero-order valence-corrected chi connectivity index (χ0v) is 16.3. The normalized spacial score (nSPS) is 13.5. The highest BCUT2D eigenvalue weighted by molar-refractivity contribution is 6.05. The van der Waals surface area contributed by atoms with E-state index in [1.54, 1.807) is 6.07 Å². The van der Waals surface area contributed by atoms with Crippen LogP contribution >= 0.6 is 0 Å². The Labute approximate surface area is 166 Å². The van der Waals surface area contributed by atoms with Crippen LogP contribution in [0.25, 0.3) is 0 Å². The van der Waals surface area contributed by atoms with Crippen LogP contribution in [-0.4, -0.2) is 23.3 Å². The maximum absolute atomic E-state index is 12.5. The number of hydrogen-bond acceptors (Lipinski definition) is 3. The third kappa shape index (κ3) is 5.52. The minimum atomic E-state index is -0.256. The molecule has 0 saturated heterocycles. The van der Waals surface area contributed by atoms with E-state index in [0.29, 0.717) is 12.1 Å². The highest BCUT2D eigenvalue weighted by atomic mass is 16.2. The molecule has 1 aromatic carbocycles. The van der Waals surface area contributed by atoms with E-state index in [2.05, 4.69) is 28.6 Å². The van der Waals surface area contributed by atoms with Crippen molar-refractivity contribution in [1.29, 1.82) is 0 Å². The summed E-state index contributed by atoms with van der Waals surface area (Å²) < 4.78 is 0. The summed E-state index contributed by atoms with van der Waals surface area (Å²) in [6.07, 6.45) is 10.4. The number of hydrogen-bond donors (Lipinski definition) is 2. The van der Waals surface area contributed by atoms with Crippen molar-refractivity contribution in [3.63, 3.8) is 0 Å². The number of rotatable bonds is 7. The van der Waals surface area contributed by atoms with Crippen LogP contribution in [0.1, 0.15) is 65.4 Å². The van der Waals surface area contributed by atoms with Crippen LogP contribution in [0.3, 0.4) is 0 Å². The molecule has 146 valence electrons. The predicted octanol–water partition coefficient (Wildman–Crippen LogP) is 4.52. The van der Waals surface area contributed by atoms with E-state index >= 15 is 0 Å². The van der Waals surface area contributed by atoms with E-state index < -0.39 is 0 Å². The van der Waals surface area contributed by atoms with Gasteiger partial charge >= 0.3 is 0 Å². The number of aromatic nitrogens is 1. The number of nitrogens with one attached hydrogen (secondary N) is 2. The number of carbonyl (C=O) groups excluding carboxylic acids is 2. The molecule has 1 aliphatic carbocycles. The van der Waals surface area contributed by atoms with Gasteiger partial charge in [0.2, 0.25) is 0 Å². The molecule has 0 atom stereocenters. The lowest BCUT2D eigenvalue weighted by molar-refractivity contribution is 0.0949. The van der Waals surface area contributed by atoms with Gasteiger partial charge in [-0.25, -0.2) is 0 Å². The molecule has 0 spiro atoms. The first-order chi connectivity index (χ1) is 13.7. The minimum Gasteiger partial charge on any atom is -0.350 e. The SMILES string of the molecule is CCc1ccc(NC(=O)c2ccnc(C(=O)NCCC3=CCCCC3)c2)cc1. The largest absolute Gasteiger partial charge is 0.350 e. The molecule has 2 amide bonds. The minimum absolute atomic E-state index is 0.252. The molecule has 5 heteroatoms. The number of pyridine rings is 1. The molecule has 1 aliphatic rings. The van der Waals surface area contributed by atoms with Crippen molar-refractivity contribution in [2.75, 3.05) is 11.9 Å². The Hall–Kier alpha value is -2.95. The maximum Gasteiger partial charge on any atom is 0.269 e. The molecule has 0 unspecified atom stereocenters. The van der Waals surface area contributed by atoms with Gasteiger partial charge in [-0.3, -0.25) is 14.6 Å². The number of aryl methyl sites for hydroxylation is 1. The molecule has 5 nitrogen and oxygen atoms in total. The Balaban J connectivity index is 1.56. The number of amides is 2. The second-order valence-electron chi connectivity index (χ2n) is 7.05. The first kappa shape index (κ1) is 19.8. The summed E-state index contributed by atoms with van der Waals surface area (Å²) in [6.45, 7) is 2.68. The summed E-state index contributed by atoms with van der Waals surface area (Å²) >= 11 is 0. The Bertz CT molecular complexity index is 856. The Kier molecular flexibility index (Phi) is 6.95. The van der Waals surface area contributed by atoms with Gasteiger partial charge in [0.25, 0.3) is 11.8 Å². The number of carbonyl (C=O) groups is 2. The van der Waals surface area contributed by atoms with Gasteiger partial charge in [-0.2, -0.15) is 0 Å². The van der Waals surface area contributed by atoms with Gasteiger partial charge < -0.3 is 10.6 Å². The smallest absolute Gasteiger partial charge is 0.269 e. The van der Waals surface area contributed by atoms with Crippen molar-refractivity contribution >= 4 is 17.5 Å². The van der Waals surface area contributed by atoms with Crippen molar-refractivity contribution in [2.24, 2.45) is 0 Å². The zero-order valence-electron chi connectivity index (χ0n) is 16.3. The molecule has 3 rings (SSSR count). The average molecular weight is 377 g/mol. The van der Waals surface area contributed by atoms with Crippen LogP contribution in [0.2, 0.25) is 0 Å². The van der Waals surface area contributed by atoms with Gasteiger partial charge in [0.05, 0.1) is 0 Å². The molecule has 0 saturated carbocycles. The second-order valence-corrected chi connectivity index (χ2v) is 7.05. The standard InChI is InChI=1S/C23H27N3O2/c1-2-17-8-10-20(11-9-17)26-22(27)19-13-15-24-21(16-19)23(28)25-14-12-18-6-4-3-5-7-18/h6,8-11,13,15-16H,2-5,7,12,14H2,1H3,(H,25,28)(H,26,27). The molecule has 0 bridgehead atoms. The van der Waals surface area contributed by atoms with Gasteiger partial charge in [0.1, 0.15) is 5.69 Å². The third-order valence-corrected chi connectivity index (χ3v) is 4.99. The van der Waals surface area contributed by atoms with Crippen molar-refractivity contribution in [3.05, 3.63) is 71.1 Å². The van der Waals surface area contributed by atoms with Crippen molar-refractivity contribution in [1.82, 2.24) is 10.3 Å². The Morgan fingerprint density at radius 1 is 1.07 bits per heavy atom. The van der Waals surface area contributed by atoms with Crippen LogP contribution in [0.4, 0.5) is 5.69 Å². The molecule has 2 aromatic rings. The molecular weight excluding hydrogens is 350 g/mol. The van der Waals surface area contributed by atoms with Gasteiger partial charge in [0, 0.05) is 24.0 Å². The number of benzene rings is 1. The van der Waals surface area contributed by atoms with Crippen molar-refractivity contribution < 1.29 is 9.59 Å². The van der Waals surface area contributed by atoms with Crippen LogP contribution < -0.4 is 10.6 Å². The molecule has 2 N–H and O–H groups in total. The summed E-state index contributed by atoms with van der Waals surface area (Å²) in [5.74, 6) is -0.508. The highest BCUT2D eigenvalue weighted by Crippen LogP contribution is 2.19. The van der Waals surface area contributed by atoms with E-state index in [-0.39, 0.29) is 17.5 Å². The highest BCUT2D eigenvalue weighted by Gasteiger charge is 2.12. The topological polar surface area (TPSA) is 71.1 Å². The first-order valence-electron chi connectivity index (χ1n) is 9.98. The van der Waals surface area contributed by atoms with Crippen LogP contribution in [0.5, 0.6) is 0 Å². The van der Waals surface area contributed by atoms with Crippen LogP contribution in [-0.2, 0) is 6.42 Å². The van der Waals surface area contributed by atoms with E-state index in [1.807, 2.05) is 24.3 Å². The monoisotopic (exact) mass is 377 g/mol. The first-order valence-corrected chi connectivity index (χ1v) is 9.98. The summed E-state index contributed by atoms with van der Waals surface area (Å²) in [6, 6.07) is 10.9. The fourth-order valence-corrected chi connectivity index (χ4v) is 3.28. The summed E-state index contributed by atoms with van der Waals surface area (Å²) in [7, 11) is 0. The van der Waals surface area contributed by atoms with E-state index in [0.717, 1.165) is 31.4 Å². The molecule has 0 aliphatic heterocycles. The van der Waals surface area contributed by atoms with E-state index in [1.165, 1.54) is 36.2 Å². The van der Waals surface area contributed by atoms with E-state index in [9.17, 15) is 9.59 Å². The number of allylic oxidation sites excluding steroid dienone is 1. The number of nitrogens with zero attached hydrogens (tertiary/aromatic N) is 1. The van der Waals surface area contributed by atoms with Crippen LogP contribution in [0, 0.1) is 0 Å². The molecule has 1 aromatic heterocycles. The van der Waals surface area contributed by atoms with E-state index in [4.69, 9.17) is 0 Å². The Morgan fingerprint density at radius 2 is 1.89 bits per heavy atom. The summed E-state index contributed by atoms with van der Waals surface area (Å²) in [5, 5.41) is 5.76. The molecule has 1 heterocycles. The van der Waals surface area contributed by atoms with Gasteiger partial charge in [-0.15, -0.1) is 0 Å². The predicted molar refractivity (Wildman–Crippen MR) is 112 cm³/mol.